The Bertz CT molecular complexity index is 768. The number of rotatable bonds is 5. The summed E-state index contributed by atoms with van der Waals surface area (Å²) >= 11 is 0. The Morgan fingerprint density at radius 2 is 2.17 bits per heavy atom. The molecule has 0 saturated heterocycles. The third kappa shape index (κ3) is 3.51. The van der Waals surface area contributed by atoms with Crippen molar-refractivity contribution in [2.24, 2.45) is 0 Å². The van der Waals surface area contributed by atoms with Gasteiger partial charge in [-0.25, -0.2) is 4.79 Å². The zero-order valence-corrected chi connectivity index (χ0v) is 12.5. The summed E-state index contributed by atoms with van der Waals surface area (Å²) < 4.78 is 6.08. The summed E-state index contributed by atoms with van der Waals surface area (Å²) in [6.07, 6.45) is 1.49. The number of hydrogen-bond acceptors (Lipinski definition) is 6. The molecule has 1 N–H and O–H groups in total. The van der Waals surface area contributed by atoms with Crippen molar-refractivity contribution in [1.82, 2.24) is 9.78 Å². The molecule has 0 aliphatic heterocycles. The van der Waals surface area contributed by atoms with E-state index < -0.39 is 16.8 Å². The highest BCUT2D eigenvalue weighted by atomic mass is 16.6. The first-order valence-corrected chi connectivity index (χ1v) is 6.67. The van der Waals surface area contributed by atoms with E-state index in [1.165, 1.54) is 36.2 Å². The number of nitro benzene ring substituents is 1. The molecule has 0 unspecified atom stereocenters. The van der Waals surface area contributed by atoms with Crippen LogP contribution in [0, 0.1) is 10.1 Å². The second-order valence-corrected chi connectivity index (χ2v) is 4.50. The molecular weight excluding hydrogens is 304 g/mol. The van der Waals surface area contributed by atoms with Crippen molar-refractivity contribution in [3.05, 3.63) is 51.8 Å². The minimum Gasteiger partial charge on any atom is -0.464 e. The predicted octanol–water partition coefficient (Wildman–Crippen LogP) is 1.85. The smallest absolute Gasteiger partial charge is 0.360 e. The van der Waals surface area contributed by atoms with Gasteiger partial charge in [-0.05, 0) is 13.0 Å². The number of nitro groups is 1. The number of esters is 1. The summed E-state index contributed by atoms with van der Waals surface area (Å²) in [7, 11) is 1.21. The van der Waals surface area contributed by atoms with Gasteiger partial charge in [0.2, 0.25) is 0 Å². The molecule has 2 aromatic rings. The van der Waals surface area contributed by atoms with Crippen LogP contribution in [-0.2, 0) is 11.3 Å². The van der Waals surface area contributed by atoms with Crippen molar-refractivity contribution in [2.75, 3.05) is 12.4 Å². The van der Waals surface area contributed by atoms with Gasteiger partial charge < -0.3 is 10.1 Å². The van der Waals surface area contributed by atoms with Crippen LogP contribution in [0.25, 0.3) is 0 Å². The fraction of sp³-hybridized carbons (Fsp3) is 0.214. The molecule has 0 fully saturated rings. The molecule has 0 spiro atoms. The maximum atomic E-state index is 12.2. The van der Waals surface area contributed by atoms with Crippen LogP contribution in [0.15, 0.2) is 30.5 Å². The molecule has 0 bridgehead atoms. The normalized spacial score (nSPS) is 10.2. The van der Waals surface area contributed by atoms with E-state index in [2.05, 4.69) is 15.2 Å². The molecule has 0 aliphatic carbocycles. The van der Waals surface area contributed by atoms with E-state index in [4.69, 9.17) is 0 Å². The van der Waals surface area contributed by atoms with Crippen LogP contribution in [-0.4, -0.2) is 33.7 Å². The number of carbonyl (C=O) groups is 2. The fourth-order valence-corrected chi connectivity index (χ4v) is 1.88. The Morgan fingerprint density at radius 1 is 1.43 bits per heavy atom. The van der Waals surface area contributed by atoms with Gasteiger partial charge >= 0.3 is 5.97 Å². The molecule has 0 aliphatic rings. The molecule has 9 heteroatoms. The highest BCUT2D eigenvalue weighted by Crippen LogP contribution is 2.18. The molecule has 9 nitrogen and oxygen atoms in total. The molecule has 23 heavy (non-hydrogen) atoms. The Morgan fingerprint density at radius 3 is 2.78 bits per heavy atom. The summed E-state index contributed by atoms with van der Waals surface area (Å²) in [6, 6.07) is 5.28. The molecule has 120 valence electrons. The maximum absolute atomic E-state index is 12.2. The number of methoxy groups -OCH3 is 1. The van der Waals surface area contributed by atoms with Crippen molar-refractivity contribution < 1.29 is 19.2 Å². The monoisotopic (exact) mass is 318 g/mol. The number of benzene rings is 1. The molecular formula is C14H14N4O5. The average molecular weight is 318 g/mol. The Hall–Kier alpha value is -3.23. The molecule has 1 amide bonds. The Kier molecular flexibility index (Phi) is 4.69. The highest BCUT2D eigenvalue weighted by Gasteiger charge is 2.20. The van der Waals surface area contributed by atoms with Crippen LogP contribution in [0.2, 0.25) is 0 Å². The number of aryl methyl sites for hydroxylation is 1. The van der Waals surface area contributed by atoms with Gasteiger partial charge in [-0.2, -0.15) is 5.10 Å². The third-order valence-electron chi connectivity index (χ3n) is 3.03. The number of ether oxygens (including phenoxy) is 1. The molecule has 0 atom stereocenters. The Balaban J connectivity index is 2.30. The standard InChI is InChI=1S/C14H14N4O5/c1-3-17-8-11(12(16-17)14(20)23-2)15-13(19)9-5-4-6-10(7-9)18(21)22/h4-8H,3H2,1-2H3,(H,15,19). The average Bonchev–Trinajstić information content (AvgIpc) is 2.97. The molecule has 0 saturated carbocycles. The van der Waals surface area contributed by atoms with E-state index in [0.29, 0.717) is 6.54 Å². The summed E-state index contributed by atoms with van der Waals surface area (Å²) in [6.45, 7) is 2.32. The van der Waals surface area contributed by atoms with Gasteiger partial charge in [0.15, 0.2) is 5.69 Å². The lowest BCUT2D eigenvalue weighted by Crippen LogP contribution is -2.14. The Labute approximate surface area is 131 Å². The van der Waals surface area contributed by atoms with Gasteiger partial charge in [-0.1, -0.05) is 6.07 Å². The third-order valence-corrected chi connectivity index (χ3v) is 3.03. The zero-order valence-electron chi connectivity index (χ0n) is 12.5. The van der Waals surface area contributed by atoms with Crippen LogP contribution in [0.3, 0.4) is 0 Å². The molecule has 2 rings (SSSR count). The number of aromatic nitrogens is 2. The summed E-state index contributed by atoms with van der Waals surface area (Å²) in [5, 5.41) is 17.3. The van der Waals surface area contributed by atoms with Crippen molar-refractivity contribution >= 4 is 23.3 Å². The molecule has 0 radical (unpaired) electrons. The van der Waals surface area contributed by atoms with Crippen LogP contribution < -0.4 is 5.32 Å². The number of non-ortho nitro benzene ring substituents is 1. The number of carbonyl (C=O) groups excluding carboxylic acids is 2. The van der Waals surface area contributed by atoms with Crippen LogP contribution in [0.1, 0.15) is 27.8 Å². The predicted molar refractivity (Wildman–Crippen MR) is 80.3 cm³/mol. The number of hydrogen-bond donors (Lipinski definition) is 1. The number of nitrogens with zero attached hydrogens (tertiary/aromatic N) is 3. The highest BCUT2D eigenvalue weighted by molar-refractivity contribution is 6.07. The van der Waals surface area contributed by atoms with E-state index in [1.54, 1.807) is 0 Å². The summed E-state index contributed by atoms with van der Waals surface area (Å²) in [5.41, 5.74) is 0.0395. The minimum atomic E-state index is -0.688. The quantitative estimate of drug-likeness (QED) is 0.511. The van der Waals surface area contributed by atoms with E-state index in [0.717, 1.165) is 6.07 Å². The van der Waals surface area contributed by atoms with Crippen molar-refractivity contribution in [2.45, 2.75) is 13.5 Å². The number of anilines is 1. The molecule has 1 aromatic carbocycles. The number of nitrogens with one attached hydrogen (secondary N) is 1. The summed E-state index contributed by atoms with van der Waals surface area (Å²) in [4.78, 5) is 34.1. The molecule has 1 aromatic heterocycles. The summed E-state index contributed by atoms with van der Waals surface area (Å²) in [5.74, 6) is -1.28. The lowest BCUT2D eigenvalue weighted by atomic mass is 10.2. The van der Waals surface area contributed by atoms with E-state index in [1.807, 2.05) is 6.92 Å². The molecule has 1 heterocycles. The number of amides is 1. The second-order valence-electron chi connectivity index (χ2n) is 4.50. The first kappa shape index (κ1) is 16.1. The van der Waals surface area contributed by atoms with Gasteiger partial charge in [0.1, 0.15) is 0 Å². The minimum absolute atomic E-state index is 0.0341. The van der Waals surface area contributed by atoms with Crippen molar-refractivity contribution in [3.8, 4) is 0 Å². The van der Waals surface area contributed by atoms with Gasteiger partial charge in [0.25, 0.3) is 11.6 Å². The lowest BCUT2D eigenvalue weighted by Gasteiger charge is -2.04. The lowest BCUT2D eigenvalue weighted by molar-refractivity contribution is -0.384. The fourth-order valence-electron chi connectivity index (χ4n) is 1.88. The second kappa shape index (κ2) is 6.69. The van der Waals surface area contributed by atoms with Gasteiger partial charge in [0.05, 0.1) is 17.7 Å². The van der Waals surface area contributed by atoms with Gasteiger partial charge in [0, 0.05) is 30.4 Å². The van der Waals surface area contributed by atoms with E-state index in [9.17, 15) is 19.7 Å². The van der Waals surface area contributed by atoms with E-state index in [-0.39, 0.29) is 22.6 Å². The van der Waals surface area contributed by atoms with Crippen molar-refractivity contribution in [1.29, 1.82) is 0 Å². The van der Waals surface area contributed by atoms with Gasteiger partial charge in [-0.3, -0.25) is 19.6 Å². The van der Waals surface area contributed by atoms with Crippen LogP contribution in [0.4, 0.5) is 11.4 Å². The van der Waals surface area contributed by atoms with Crippen LogP contribution in [0.5, 0.6) is 0 Å². The van der Waals surface area contributed by atoms with Crippen LogP contribution >= 0.6 is 0 Å². The van der Waals surface area contributed by atoms with Crippen molar-refractivity contribution in [3.63, 3.8) is 0 Å². The largest absolute Gasteiger partial charge is 0.464 e. The van der Waals surface area contributed by atoms with E-state index >= 15 is 0 Å². The van der Waals surface area contributed by atoms with Gasteiger partial charge in [-0.15, -0.1) is 0 Å². The topological polar surface area (TPSA) is 116 Å². The zero-order chi connectivity index (χ0) is 17.0. The first-order valence-electron chi connectivity index (χ1n) is 6.67. The first-order chi connectivity index (χ1) is 11.0. The SMILES string of the molecule is CCn1cc(NC(=O)c2cccc([N+](=O)[O-])c2)c(C(=O)OC)n1. The maximum Gasteiger partial charge on any atom is 0.360 e.